The molecule has 0 bridgehead atoms. The smallest absolute Gasteiger partial charge is 0.0404 e. The SMILES string of the molecule is C=CC(=C)C.C=CC(=C)C.C=CC=C. The fourth-order valence-corrected chi connectivity index (χ4v) is 0. The number of rotatable bonds is 3. The molecule has 0 aromatic heterocycles. The van der Waals surface area contributed by atoms with Gasteiger partial charge in [-0.15, -0.1) is 0 Å². The fraction of sp³-hybridized carbons (Fsp3) is 0.143. The molecule has 0 heterocycles. The maximum absolute atomic E-state index is 3.56. The van der Waals surface area contributed by atoms with E-state index in [1.165, 1.54) is 0 Å². The minimum Gasteiger partial charge on any atom is -0.0991 e. The number of hydrogen-bond acceptors (Lipinski definition) is 0. The topological polar surface area (TPSA) is 0 Å². The van der Waals surface area contributed by atoms with E-state index in [4.69, 9.17) is 0 Å². The summed E-state index contributed by atoms with van der Waals surface area (Å²) in [7, 11) is 0. The van der Waals surface area contributed by atoms with Crippen molar-refractivity contribution in [3.63, 3.8) is 0 Å². The average molecular weight is 190 g/mol. The molecule has 0 saturated carbocycles. The van der Waals surface area contributed by atoms with Crippen LogP contribution in [0.2, 0.25) is 0 Å². The normalized spacial score (nSPS) is 6.14. The molecule has 0 N–H and O–H groups in total. The van der Waals surface area contributed by atoms with E-state index in [0.29, 0.717) is 0 Å². The van der Waals surface area contributed by atoms with E-state index in [-0.39, 0.29) is 0 Å². The van der Waals surface area contributed by atoms with E-state index in [0.717, 1.165) is 11.1 Å². The Labute approximate surface area is 89.4 Å². The first-order valence-electron chi connectivity index (χ1n) is 4.25. The van der Waals surface area contributed by atoms with Crippen molar-refractivity contribution in [2.45, 2.75) is 13.8 Å². The second-order valence-corrected chi connectivity index (χ2v) is 2.57. The summed E-state index contributed by atoms with van der Waals surface area (Å²) >= 11 is 0. The summed E-state index contributed by atoms with van der Waals surface area (Å²) in [6, 6.07) is 0. The Morgan fingerprint density at radius 2 is 0.857 bits per heavy atom. The zero-order valence-corrected chi connectivity index (χ0v) is 9.55. The van der Waals surface area contributed by atoms with Crippen LogP contribution in [0.25, 0.3) is 0 Å². The van der Waals surface area contributed by atoms with Gasteiger partial charge >= 0.3 is 0 Å². The largest absolute Gasteiger partial charge is 0.0991 e. The van der Waals surface area contributed by atoms with Crippen molar-refractivity contribution < 1.29 is 0 Å². The Morgan fingerprint density at radius 1 is 0.714 bits per heavy atom. The maximum atomic E-state index is 3.56. The average Bonchev–Trinajstić information content (AvgIpc) is 2.19. The van der Waals surface area contributed by atoms with Gasteiger partial charge in [0, 0.05) is 0 Å². The Kier molecular flexibility index (Phi) is 22.8. The van der Waals surface area contributed by atoms with E-state index in [2.05, 4.69) is 39.5 Å². The molecule has 0 atom stereocenters. The molecule has 0 nitrogen and oxygen atoms in total. The molecule has 0 aliphatic carbocycles. The van der Waals surface area contributed by atoms with Crippen molar-refractivity contribution in [2.75, 3.05) is 0 Å². The van der Waals surface area contributed by atoms with Crippen LogP contribution in [-0.2, 0) is 0 Å². The van der Waals surface area contributed by atoms with Gasteiger partial charge in [-0.3, -0.25) is 0 Å². The molecule has 0 amide bonds. The van der Waals surface area contributed by atoms with E-state index >= 15 is 0 Å². The van der Waals surface area contributed by atoms with Gasteiger partial charge in [-0.1, -0.05) is 74.9 Å². The molecule has 0 heteroatoms. The molecular formula is C14H22. The minimum atomic E-state index is 1.02. The zero-order valence-electron chi connectivity index (χ0n) is 9.55. The van der Waals surface area contributed by atoms with Crippen molar-refractivity contribution in [3.8, 4) is 0 Å². The summed E-state index contributed by atoms with van der Waals surface area (Å²) in [5.41, 5.74) is 2.04. The second kappa shape index (κ2) is 17.5. The third kappa shape index (κ3) is 78.6. The quantitative estimate of drug-likeness (QED) is 0.558. The maximum Gasteiger partial charge on any atom is -0.0404 e. The fourth-order valence-electron chi connectivity index (χ4n) is 0. The van der Waals surface area contributed by atoms with Crippen LogP contribution in [0, 0.1) is 0 Å². The standard InChI is InChI=1S/2C5H8.C4H6/c2*1-4-5(2)3;1-3-4-2/h2*4H,1-2H2,3H3;3-4H,1-2H2. The van der Waals surface area contributed by atoms with E-state index in [1.807, 2.05) is 13.8 Å². The first-order valence-corrected chi connectivity index (χ1v) is 4.25. The highest BCUT2D eigenvalue weighted by molar-refractivity contribution is 5.06. The molecular weight excluding hydrogens is 168 g/mol. The first-order chi connectivity index (χ1) is 6.45. The van der Waals surface area contributed by atoms with Crippen molar-refractivity contribution in [2.24, 2.45) is 0 Å². The van der Waals surface area contributed by atoms with Crippen LogP contribution in [0.3, 0.4) is 0 Å². The van der Waals surface area contributed by atoms with Crippen molar-refractivity contribution in [1.82, 2.24) is 0 Å². The van der Waals surface area contributed by atoms with Crippen LogP contribution in [0.1, 0.15) is 13.8 Å². The van der Waals surface area contributed by atoms with Crippen molar-refractivity contribution in [3.05, 3.63) is 74.9 Å². The molecule has 0 aliphatic rings. The molecule has 0 saturated heterocycles. The van der Waals surface area contributed by atoms with Crippen LogP contribution in [-0.4, -0.2) is 0 Å². The molecule has 14 heavy (non-hydrogen) atoms. The highest BCUT2D eigenvalue weighted by Crippen LogP contribution is 1.81. The van der Waals surface area contributed by atoms with E-state index in [9.17, 15) is 0 Å². The van der Waals surface area contributed by atoms with E-state index in [1.54, 1.807) is 24.3 Å². The summed E-state index contributed by atoms with van der Waals surface area (Å²) in [4.78, 5) is 0. The third-order valence-electron chi connectivity index (χ3n) is 0.864. The lowest BCUT2D eigenvalue weighted by Crippen LogP contribution is -1.50. The third-order valence-corrected chi connectivity index (χ3v) is 0.864. The van der Waals surface area contributed by atoms with Crippen LogP contribution >= 0.6 is 0 Å². The lowest BCUT2D eigenvalue weighted by Gasteiger charge is -1.71. The Morgan fingerprint density at radius 3 is 0.857 bits per heavy atom. The van der Waals surface area contributed by atoms with Gasteiger partial charge in [0.1, 0.15) is 0 Å². The van der Waals surface area contributed by atoms with Crippen molar-refractivity contribution in [1.29, 1.82) is 0 Å². The van der Waals surface area contributed by atoms with Gasteiger partial charge in [-0.2, -0.15) is 0 Å². The molecule has 0 fully saturated rings. The molecule has 0 aliphatic heterocycles. The predicted octanol–water partition coefficient (Wildman–Crippen LogP) is 4.86. The molecule has 0 aromatic carbocycles. The van der Waals surface area contributed by atoms with Gasteiger partial charge in [0.2, 0.25) is 0 Å². The highest BCUT2D eigenvalue weighted by atomic mass is 13.7. The second-order valence-electron chi connectivity index (χ2n) is 2.57. The van der Waals surface area contributed by atoms with Gasteiger partial charge in [0.25, 0.3) is 0 Å². The Balaban J connectivity index is -0.000000131. The summed E-state index contributed by atoms with van der Waals surface area (Å²) in [5, 5.41) is 0. The van der Waals surface area contributed by atoms with E-state index < -0.39 is 0 Å². The molecule has 0 unspecified atom stereocenters. The van der Waals surface area contributed by atoms with Crippen LogP contribution in [0.15, 0.2) is 74.9 Å². The Bertz CT molecular complexity index is 180. The summed E-state index contributed by atoms with van der Waals surface area (Å²) < 4.78 is 0. The zero-order chi connectivity index (χ0) is 12.0. The lowest BCUT2D eigenvalue weighted by molar-refractivity contribution is 1.58. The monoisotopic (exact) mass is 190 g/mol. The van der Waals surface area contributed by atoms with Crippen LogP contribution < -0.4 is 0 Å². The van der Waals surface area contributed by atoms with Crippen molar-refractivity contribution >= 4 is 0 Å². The first kappa shape index (κ1) is 18.3. The summed E-state index contributed by atoms with van der Waals surface area (Å²) in [6.07, 6.45) is 6.72. The van der Waals surface area contributed by atoms with Crippen LogP contribution in [0.4, 0.5) is 0 Å². The number of allylic oxidation sites excluding steroid dienone is 6. The minimum absolute atomic E-state index is 1.02. The van der Waals surface area contributed by atoms with Gasteiger partial charge in [-0.25, -0.2) is 0 Å². The van der Waals surface area contributed by atoms with Gasteiger partial charge in [0.05, 0.1) is 0 Å². The van der Waals surface area contributed by atoms with Gasteiger partial charge in [-0.05, 0) is 13.8 Å². The molecule has 0 rings (SSSR count). The molecule has 0 radical (unpaired) electrons. The van der Waals surface area contributed by atoms with Crippen LogP contribution in [0.5, 0.6) is 0 Å². The molecule has 0 spiro atoms. The highest BCUT2D eigenvalue weighted by Gasteiger charge is 1.59. The number of hydrogen-bond donors (Lipinski definition) is 0. The Hall–Kier alpha value is -1.56. The lowest BCUT2D eigenvalue weighted by atomic mass is 10.4. The summed E-state index contributed by atoms with van der Waals surface area (Å²) in [5.74, 6) is 0. The predicted molar refractivity (Wildman–Crippen MR) is 70.4 cm³/mol. The summed E-state index contributed by atoms with van der Waals surface area (Å²) in [6.45, 7) is 24.6. The van der Waals surface area contributed by atoms with Gasteiger partial charge < -0.3 is 0 Å². The molecule has 0 aromatic rings. The molecule has 78 valence electrons. The van der Waals surface area contributed by atoms with Gasteiger partial charge in [0.15, 0.2) is 0 Å².